The maximum atomic E-state index is 13.5. The number of hydrogen-bond acceptors (Lipinski definition) is 14. The zero-order valence-electron chi connectivity index (χ0n) is 52.8. The molecule has 6 aromatic heterocycles. The summed E-state index contributed by atoms with van der Waals surface area (Å²) in [5, 5.41) is 20.6. The molecular formula is C61H85ClF4N14O6Si2. The first-order valence-corrected chi connectivity index (χ1v) is 37.3. The van der Waals surface area contributed by atoms with Crippen molar-refractivity contribution in [2.45, 2.75) is 168 Å². The standard InChI is InChI=1S/C31H43F2N7O3Si.C30H41F2N7O3Si.ClH/c1-31(2,3)36-29(41)23-18-39(19-42-14-15-44(5,6)7)28-27(23)35-24(17-34-28)26-22-16-21(43-30(32)33)8-9-25(22)40(37-26)20-10-12-38(4)13-11-20;1-30(2,3)36-28(40)22-17-38(18-41-13-14-43(4,5)6)27-26(22)35-23(16-34-27)25-21-15-20(42-29(31)32)7-8-24(21)39(37-25)19-9-11-33-12-10-19;/h8-9,16-18,20,30H,10-15,19H2,1-7H3,(H,36,41);7-8,15-17,19,29,33H,9-14,18H2,1-6H3,(H,36,40);1H. The summed E-state index contributed by atoms with van der Waals surface area (Å²) in [6.07, 6.45) is 10.3. The highest BCUT2D eigenvalue weighted by atomic mass is 35.5. The molecule has 27 heteroatoms. The Balaban J connectivity index is 0.000000225. The second-order valence-electron chi connectivity index (χ2n) is 27.2. The number of ether oxygens (including phenoxy) is 4. The molecule has 20 nitrogen and oxygen atoms in total. The number of carbonyl (C=O) groups excluding carboxylic acids is 2. The SMILES string of the molecule is CC(C)(C)NC(=O)c1cn(COCC[Si](C)(C)C)c2ncc(-c3nn(C4CCNCC4)c4ccc(OC(F)F)cc34)nc12.CN1CCC(n2nc(-c3cnc4c(n3)c(C(=O)NC(C)(C)C)cn4COCC[Si](C)(C)C)c3cc(OC(F)F)ccc32)CC1.Cl. The lowest BCUT2D eigenvalue weighted by molar-refractivity contribution is -0.0504. The van der Waals surface area contributed by atoms with Gasteiger partial charge in [0.15, 0.2) is 11.3 Å². The number of nitrogens with one attached hydrogen (secondary N) is 3. The second kappa shape index (κ2) is 27.7. The van der Waals surface area contributed by atoms with Gasteiger partial charge in [0, 0.05) is 63.6 Å². The van der Waals surface area contributed by atoms with Gasteiger partial charge in [0.2, 0.25) is 0 Å². The van der Waals surface area contributed by atoms with Gasteiger partial charge in [-0.2, -0.15) is 27.8 Å². The number of amides is 2. The first-order valence-electron chi connectivity index (χ1n) is 29.8. The quantitative estimate of drug-likeness (QED) is 0.0369. The molecule has 2 saturated heterocycles. The molecule has 8 aromatic rings. The summed E-state index contributed by atoms with van der Waals surface area (Å²) in [7, 11) is -0.445. The number of carbonyl (C=O) groups is 2. The van der Waals surface area contributed by atoms with Crippen LogP contribution in [0.4, 0.5) is 17.6 Å². The van der Waals surface area contributed by atoms with Crippen molar-refractivity contribution >= 4 is 84.5 Å². The van der Waals surface area contributed by atoms with Crippen molar-refractivity contribution in [2.75, 3.05) is 46.4 Å². The van der Waals surface area contributed by atoms with Gasteiger partial charge < -0.3 is 48.9 Å². The topological polar surface area (TPSA) is 207 Å². The predicted octanol–water partition coefficient (Wildman–Crippen LogP) is 12.4. The van der Waals surface area contributed by atoms with Gasteiger partial charge in [0.25, 0.3) is 11.8 Å². The molecular weight excluding hydrogens is 1190 g/mol. The fourth-order valence-corrected chi connectivity index (χ4v) is 12.1. The number of nitrogens with zero attached hydrogens (tertiary/aromatic N) is 11. The molecule has 0 bridgehead atoms. The number of alkyl halides is 4. The molecule has 10 rings (SSSR count). The summed E-state index contributed by atoms with van der Waals surface area (Å²) < 4.78 is 81.5. The number of likely N-dealkylation sites (tertiary alicyclic amines) is 1. The number of rotatable bonds is 20. The molecule has 0 spiro atoms. The molecule has 2 aliphatic heterocycles. The van der Waals surface area contributed by atoms with Crippen molar-refractivity contribution in [3.63, 3.8) is 0 Å². The van der Waals surface area contributed by atoms with Crippen molar-refractivity contribution < 1.29 is 46.1 Å². The summed E-state index contributed by atoms with van der Waals surface area (Å²) in [4.78, 5) is 48.5. The normalized spacial score (nSPS) is 15.1. The maximum Gasteiger partial charge on any atom is 0.387 e. The number of hydrogen-bond donors (Lipinski definition) is 3. The summed E-state index contributed by atoms with van der Waals surface area (Å²) in [5.74, 6) is -0.473. The van der Waals surface area contributed by atoms with E-state index >= 15 is 0 Å². The summed E-state index contributed by atoms with van der Waals surface area (Å²) in [6, 6.07) is 12.1. The molecule has 8 heterocycles. The number of halogens is 5. The van der Waals surface area contributed by atoms with Crippen LogP contribution in [0.1, 0.15) is 100 Å². The summed E-state index contributed by atoms with van der Waals surface area (Å²) >= 11 is 0. The van der Waals surface area contributed by atoms with Crippen LogP contribution in [0.15, 0.2) is 61.2 Å². The molecule has 2 aromatic carbocycles. The van der Waals surface area contributed by atoms with Crippen LogP contribution in [0.5, 0.6) is 11.5 Å². The molecule has 0 unspecified atom stereocenters. The van der Waals surface area contributed by atoms with Crippen LogP contribution < -0.4 is 25.4 Å². The van der Waals surface area contributed by atoms with Gasteiger partial charge in [0.1, 0.15) is 58.8 Å². The average molecular weight is 1280 g/mol. The molecule has 3 N–H and O–H groups in total. The Morgan fingerprint density at radius 1 is 0.636 bits per heavy atom. The van der Waals surface area contributed by atoms with Gasteiger partial charge in [-0.05, 0) is 149 Å². The Kier molecular flexibility index (Phi) is 21.2. The lowest BCUT2D eigenvalue weighted by atomic mass is 10.1. The smallest absolute Gasteiger partial charge is 0.387 e. The minimum atomic E-state index is -2.95. The van der Waals surface area contributed by atoms with E-state index in [2.05, 4.69) is 67.2 Å². The molecule has 88 heavy (non-hydrogen) atoms. The lowest BCUT2D eigenvalue weighted by Crippen LogP contribution is -2.40. The zero-order chi connectivity index (χ0) is 62.8. The van der Waals surface area contributed by atoms with E-state index in [0.717, 1.165) is 75.0 Å². The number of fused-ring (bicyclic) bond motifs is 4. The van der Waals surface area contributed by atoms with Crippen molar-refractivity contribution in [2.24, 2.45) is 0 Å². The highest BCUT2D eigenvalue weighted by Crippen LogP contribution is 2.38. The Bertz CT molecular complexity index is 3720. The highest BCUT2D eigenvalue weighted by Gasteiger charge is 2.30. The van der Waals surface area contributed by atoms with Crippen LogP contribution in [0.3, 0.4) is 0 Å². The molecule has 2 fully saturated rings. The van der Waals surface area contributed by atoms with Gasteiger partial charge in [-0.15, -0.1) is 12.4 Å². The van der Waals surface area contributed by atoms with Crippen molar-refractivity contribution in [3.05, 3.63) is 72.3 Å². The first kappa shape index (κ1) is 67.4. The fraction of sp³-hybridized carbons (Fsp3) is 0.541. The molecule has 0 radical (unpaired) electrons. The lowest BCUT2D eigenvalue weighted by Gasteiger charge is -2.29. The fourth-order valence-electron chi connectivity index (χ4n) is 10.6. The molecule has 0 atom stereocenters. The van der Waals surface area contributed by atoms with Crippen molar-refractivity contribution in [1.29, 1.82) is 0 Å². The van der Waals surface area contributed by atoms with E-state index in [1.165, 1.54) is 12.1 Å². The third kappa shape index (κ3) is 17.0. The van der Waals surface area contributed by atoms with E-state index in [4.69, 9.17) is 49.1 Å². The van der Waals surface area contributed by atoms with E-state index in [1.54, 1.807) is 58.2 Å². The van der Waals surface area contributed by atoms with Crippen LogP contribution >= 0.6 is 12.4 Å². The Labute approximate surface area is 519 Å². The maximum absolute atomic E-state index is 13.5. The van der Waals surface area contributed by atoms with Crippen molar-refractivity contribution in [3.8, 4) is 34.3 Å². The molecule has 2 aliphatic rings. The largest absolute Gasteiger partial charge is 0.435 e. The Hall–Kier alpha value is -6.56. The van der Waals surface area contributed by atoms with E-state index in [0.29, 0.717) is 80.2 Å². The minimum absolute atomic E-state index is 0. The van der Waals surface area contributed by atoms with E-state index < -0.39 is 40.4 Å². The summed E-state index contributed by atoms with van der Waals surface area (Å²) in [6.45, 7) is 24.7. The van der Waals surface area contributed by atoms with E-state index in [1.807, 2.05) is 50.9 Å². The monoisotopic (exact) mass is 1280 g/mol. The number of piperidine rings is 2. The van der Waals surface area contributed by atoms with E-state index in [9.17, 15) is 27.2 Å². The van der Waals surface area contributed by atoms with Crippen LogP contribution in [0.25, 0.3) is 66.9 Å². The molecule has 0 aliphatic carbocycles. The number of aromatic nitrogens is 10. The summed E-state index contributed by atoms with van der Waals surface area (Å²) in [5.41, 5.74) is 5.13. The Morgan fingerprint density at radius 2 is 1.03 bits per heavy atom. The van der Waals surface area contributed by atoms with Crippen LogP contribution in [0, 0.1) is 0 Å². The third-order valence-corrected chi connectivity index (χ3v) is 18.4. The second-order valence-corrected chi connectivity index (χ2v) is 38.4. The third-order valence-electron chi connectivity index (χ3n) is 15.0. The molecule has 478 valence electrons. The van der Waals surface area contributed by atoms with Gasteiger partial charge in [-0.3, -0.25) is 19.0 Å². The number of benzene rings is 2. The van der Waals surface area contributed by atoms with Gasteiger partial charge in [0.05, 0.1) is 46.6 Å². The van der Waals surface area contributed by atoms with Crippen molar-refractivity contribution in [1.82, 2.24) is 69.5 Å². The Morgan fingerprint density at radius 3 is 1.41 bits per heavy atom. The van der Waals surface area contributed by atoms with Gasteiger partial charge in [-0.1, -0.05) is 39.3 Å². The van der Waals surface area contributed by atoms with Crippen LogP contribution in [0.2, 0.25) is 51.4 Å². The first-order chi connectivity index (χ1) is 41.0. The highest BCUT2D eigenvalue weighted by molar-refractivity contribution is 6.76. The average Bonchev–Trinajstić information content (AvgIpc) is 2.23. The minimum Gasteiger partial charge on any atom is -0.435 e. The molecule has 2 amide bonds. The van der Waals surface area contributed by atoms with Gasteiger partial charge in [-0.25, -0.2) is 19.9 Å². The molecule has 0 saturated carbocycles. The van der Waals surface area contributed by atoms with E-state index in [-0.39, 0.29) is 61.3 Å². The van der Waals surface area contributed by atoms with Gasteiger partial charge >= 0.3 is 13.2 Å². The zero-order valence-corrected chi connectivity index (χ0v) is 55.6. The predicted molar refractivity (Wildman–Crippen MR) is 343 cm³/mol. The van der Waals surface area contributed by atoms with Crippen LogP contribution in [-0.2, 0) is 22.9 Å². The van der Waals surface area contributed by atoms with Crippen LogP contribution in [-0.4, -0.2) is 152 Å².